The van der Waals surface area contributed by atoms with Crippen molar-refractivity contribution >= 4 is 16.9 Å². The highest BCUT2D eigenvalue weighted by atomic mass is 19.1. The number of aryl methyl sites for hydroxylation is 2. The summed E-state index contributed by atoms with van der Waals surface area (Å²) in [6.45, 7) is 5.29. The van der Waals surface area contributed by atoms with Crippen LogP contribution in [0.25, 0.3) is 22.3 Å². The summed E-state index contributed by atoms with van der Waals surface area (Å²) in [6.07, 6.45) is 2.71. The molecule has 0 aliphatic carbocycles. The number of fused-ring (bicyclic) bond motifs is 1. The number of carbonyl (C=O) groups excluding carboxylic acids is 1. The number of halogens is 1. The van der Waals surface area contributed by atoms with E-state index >= 15 is 0 Å². The van der Waals surface area contributed by atoms with Crippen LogP contribution in [0.3, 0.4) is 0 Å². The highest BCUT2D eigenvalue weighted by Crippen LogP contribution is 2.33. The van der Waals surface area contributed by atoms with Gasteiger partial charge in [-0.2, -0.15) is 9.49 Å². The molecule has 1 atom stereocenters. The summed E-state index contributed by atoms with van der Waals surface area (Å²) in [7, 11) is 1.77. The normalized spacial score (nSPS) is 12.2. The number of primary amides is 1. The number of nitrogens with two attached hydrogens (primary N) is 1. The zero-order valence-electron chi connectivity index (χ0n) is 18.0. The van der Waals surface area contributed by atoms with E-state index in [0.29, 0.717) is 33.4 Å². The van der Waals surface area contributed by atoms with E-state index in [1.165, 1.54) is 6.07 Å². The maximum absolute atomic E-state index is 13.5. The van der Waals surface area contributed by atoms with Crippen molar-refractivity contribution in [3.05, 3.63) is 75.2 Å². The lowest BCUT2D eigenvalue weighted by Crippen LogP contribution is -2.17. The smallest absolute Gasteiger partial charge is 0.271 e. The number of carbonyl (C=O) groups is 1. The number of nitrogens with zero attached hydrogens (tertiary/aromatic N) is 3. The van der Waals surface area contributed by atoms with E-state index in [2.05, 4.69) is 10.1 Å². The molecular weight excluding hydrogens is 415 g/mol. The molecule has 4 aromatic rings. The van der Waals surface area contributed by atoms with E-state index in [1.54, 1.807) is 44.0 Å². The molecule has 2 N–H and O–H groups in total. The van der Waals surface area contributed by atoms with Crippen LogP contribution in [0, 0.1) is 19.8 Å². The van der Waals surface area contributed by atoms with Gasteiger partial charge in [0.15, 0.2) is 16.9 Å². The van der Waals surface area contributed by atoms with Crippen LogP contribution in [0.1, 0.15) is 40.2 Å². The first-order valence-corrected chi connectivity index (χ1v) is 9.85. The zero-order valence-corrected chi connectivity index (χ0v) is 18.0. The summed E-state index contributed by atoms with van der Waals surface area (Å²) < 4.78 is 27.2. The second-order valence-electron chi connectivity index (χ2n) is 7.62. The molecule has 0 radical (unpaired) electrons. The lowest BCUT2D eigenvalue weighted by Gasteiger charge is -2.19. The minimum atomic E-state index is -0.915. The third-order valence-corrected chi connectivity index (χ3v) is 5.16. The zero-order chi connectivity index (χ0) is 23.2. The maximum atomic E-state index is 13.5. The van der Waals surface area contributed by atoms with Crippen LogP contribution < -0.4 is 15.9 Å². The standard InChI is InChI=1S/C23H21FN4O4/c1-11-7-15(13(3)31-17-5-6-18(24)27-19(17)23(25)30)22-16(8-11)20(29)12(2)21(32-22)14-9-26-28(4)10-14/h5-10,13H,1-4H3,(H2,25,30). The second kappa shape index (κ2) is 7.92. The molecule has 0 aliphatic heterocycles. The summed E-state index contributed by atoms with van der Waals surface area (Å²) in [6, 6.07) is 5.95. The Kier molecular flexibility index (Phi) is 5.25. The van der Waals surface area contributed by atoms with E-state index in [4.69, 9.17) is 14.9 Å². The molecule has 0 aliphatic rings. The quantitative estimate of drug-likeness (QED) is 0.479. The average Bonchev–Trinajstić information content (AvgIpc) is 3.17. The number of benzene rings is 1. The predicted octanol–water partition coefficient (Wildman–Crippen LogP) is 3.58. The Morgan fingerprint density at radius 1 is 1.28 bits per heavy atom. The number of aromatic nitrogens is 3. The largest absolute Gasteiger partial charge is 0.483 e. The summed E-state index contributed by atoms with van der Waals surface area (Å²) in [5, 5.41) is 4.56. The molecule has 1 amide bonds. The predicted molar refractivity (Wildman–Crippen MR) is 116 cm³/mol. The van der Waals surface area contributed by atoms with Gasteiger partial charge in [0.1, 0.15) is 17.4 Å². The molecule has 0 saturated carbocycles. The van der Waals surface area contributed by atoms with Gasteiger partial charge in [0, 0.05) is 24.4 Å². The topological polar surface area (TPSA) is 113 Å². The van der Waals surface area contributed by atoms with Crippen molar-refractivity contribution in [2.24, 2.45) is 12.8 Å². The average molecular weight is 436 g/mol. The lowest BCUT2D eigenvalue weighted by atomic mass is 10.0. The highest BCUT2D eigenvalue weighted by Gasteiger charge is 2.22. The Morgan fingerprint density at radius 2 is 2.03 bits per heavy atom. The molecule has 3 heterocycles. The van der Waals surface area contributed by atoms with Gasteiger partial charge in [0.25, 0.3) is 5.91 Å². The van der Waals surface area contributed by atoms with Crippen LogP contribution in [0.5, 0.6) is 5.75 Å². The summed E-state index contributed by atoms with van der Waals surface area (Å²) in [5.41, 5.74) is 7.74. The molecule has 1 unspecified atom stereocenters. The molecule has 0 saturated heterocycles. The number of ether oxygens (including phenoxy) is 1. The lowest BCUT2D eigenvalue weighted by molar-refractivity contribution is 0.0987. The molecule has 164 valence electrons. The van der Waals surface area contributed by atoms with Gasteiger partial charge in [-0.25, -0.2) is 4.98 Å². The van der Waals surface area contributed by atoms with Gasteiger partial charge in [-0.1, -0.05) is 0 Å². The van der Waals surface area contributed by atoms with Gasteiger partial charge in [-0.3, -0.25) is 14.3 Å². The molecule has 3 aromatic heterocycles. The van der Waals surface area contributed by atoms with Gasteiger partial charge >= 0.3 is 0 Å². The third-order valence-electron chi connectivity index (χ3n) is 5.16. The van der Waals surface area contributed by atoms with Crippen LogP contribution in [0.15, 0.2) is 45.9 Å². The minimum Gasteiger partial charge on any atom is -0.483 e. The fraction of sp³-hybridized carbons (Fsp3) is 0.217. The Balaban J connectivity index is 1.88. The van der Waals surface area contributed by atoms with Crippen molar-refractivity contribution in [3.8, 4) is 17.1 Å². The fourth-order valence-corrected chi connectivity index (χ4v) is 3.63. The first-order chi connectivity index (χ1) is 15.2. The van der Waals surface area contributed by atoms with Gasteiger partial charge in [-0.15, -0.1) is 0 Å². The van der Waals surface area contributed by atoms with Crippen LogP contribution in [0.4, 0.5) is 4.39 Å². The van der Waals surface area contributed by atoms with Crippen molar-refractivity contribution in [1.82, 2.24) is 14.8 Å². The molecule has 1 aromatic carbocycles. The first kappa shape index (κ1) is 21.2. The van der Waals surface area contributed by atoms with Gasteiger partial charge in [0.2, 0.25) is 5.95 Å². The SMILES string of the molecule is Cc1cc(C(C)Oc2ccc(F)nc2C(N)=O)c2oc(-c3cnn(C)c3)c(C)c(=O)c2c1. The highest BCUT2D eigenvalue weighted by molar-refractivity contribution is 5.93. The van der Waals surface area contributed by atoms with E-state index in [1.807, 2.05) is 13.0 Å². The summed E-state index contributed by atoms with van der Waals surface area (Å²) in [4.78, 5) is 28.4. The van der Waals surface area contributed by atoms with E-state index in [0.717, 1.165) is 11.6 Å². The number of pyridine rings is 1. The van der Waals surface area contributed by atoms with Gasteiger partial charge in [-0.05, 0) is 50.6 Å². The first-order valence-electron chi connectivity index (χ1n) is 9.85. The molecule has 4 rings (SSSR count). The Morgan fingerprint density at radius 3 is 2.69 bits per heavy atom. The number of rotatable bonds is 5. The Labute approximate surface area is 182 Å². The fourth-order valence-electron chi connectivity index (χ4n) is 3.63. The number of hydrogen-bond donors (Lipinski definition) is 1. The van der Waals surface area contributed by atoms with Crippen LogP contribution in [-0.2, 0) is 7.05 Å². The van der Waals surface area contributed by atoms with Crippen molar-refractivity contribution in [1.29, 1.82) is 0 Å². The van der Waals surface area contributed by atoms with Gasteiger partial charge in [0.05, 0.1) is 17.1 Å². The summed E-state index contributed by atoms with van der Waals surface area (Å²) >= 11 is 0. The van der Waals surface area contributed by atoms with Crippen LogP contribution in [-0.4, -0.2) is 20.7 Å². The van der Waals surface area contributed by atoms with Crippen LogP contribution in [0.2, 0.25) is 0 Å². The Hall–Kier alpha value is -4.01. The number of hydrogen-bond acceptors (Lipinski definition) is 6. The van der Waals surface area contributed by atoms with Crippen LogP contribution >= 0.6 is 0 Å². The molecule has 0 fully saturated rings. The molecular formula is C23H21FN4O4. The number of amides is 1. The Bertz CT molecular complexity index is 1420. The molecule has 32 heavy (non-hydrogen) atoms. The second-order valence-corrected chi connectivity index (χ2v) is 7.62. The molecule has 0 bridgehead atoms. The minimum absolute atomic E-state index is 0.0306. The van der Waals surface area contributed by atoms with E-state index < -0.39 is 18.0 Å². The monoisotopic (exact) mass is 436 g/mol. The van der Waals surface area contributed by atoms with Crippen molar-refractivity contribution < 1.29 is 18.3 Å². The van der Waals surface area contributed by atoms with Crippen molar-refractivity contribution in [2.75, 3.05) is 0 Å². The molecule has 0 spiro atoms. The van der Waals surface area contributed by atoms with Crippen molar-refractivity contribution in [2.45, 2.75) is 26.9 Å². The maximum Gasteiger partial charge on any atom is 0.271 e. The van der Waals surface area contributed by atoms with E-state index in [-0.39, 0.29) is 16.9 Å². The molecule has 9 heteroatoms. The third kappa shape index (κ3) is 3.73. The summed E-state index contributed by atoms with van der Waals surface area (Å²) in [5.74, 6) is -1.32. The van der Waals surface area contributed by atoms with E-state index in [9.17, 15) is 14.0 Å². The van der Waals surface area contributed by atoms with Gasteiger partial charge < -0.3 is 14.9 Å². The van der Waals surface area contributed by atoms with Crippen molar-refractivity contribution in [3.63, 3.8) is 0 Å². The molecule has 8 nitrogen and oxygen atoms in total.